The second-order valence-corrected chi connectivity index (χ2v) is 3.98. The fourth-order valence-corrected chi connectivity index (χ4v) is 1.79. The van der Waals surface area contributed by atoms with Crippen LogP contribution in [0, 0.1) is 6.92 Å². The van der Waals surface area contributed by atoms with Gasteiger partial charge >= 0.3 is 12.0 Å². The lowest BCUT2D eigenvalue weighted by molar-refractivity contribution is 0.247. The van der Waals surface area contributed by atoms with E-state index in [1.54, 1.807) is 6.92 Å². The number of nitrogens with zero attached hydrogens (tertiary/aromatic N) is 1. The van der Waals surface area contributed by atoms with Crippen LogP contribution in [-0.4, -0.2) is 23.2 Å². The number of carbonyl (C=O) groups is 1. The molecule has 1 fully saturated rings. The Morgan fingerprint density at radius 2 is 2.44 bits per heavy atom. The average Bonchev–Trinajstić information content (AvgIpc) is 2.76. The summed E-state index contributed by atoms with van der Waals surface area (Å²) < 4.78 is 17.9. The van der Waals surface area contributed by atoms with Crippen LogP contribution >= 0.6 is 0 Å². The molecular weight excluding hydrogens is 213 g/mol. The molecule has 0 unspecified atom stereocenters. The first-order valence-electron chi connectivity index (χ1n) is 5.27. The number of hydrogen-bond acceptors (Lipinski definition) is 3. The number of urea groups is 1. The van der Waals surface area contributed by atoms with Crippen molar-refractivity contribution in [2.45, 2.75) is 38.4 Å². The van der Waals surface area contributed by atoms with E-state index in [1.165, 1.54) is 6.20 Å². The zero-order valence-electron chi connectivity index (χ0n) is 9.00. The number of carbonyl (C=O) groups excluding carboxylic acids is 1. The molecule has 1 saturated carbocycles. The van der Waals surface area contributed by atoms with E-state index in [0.29, 0.717) is 25.0 Å². The summed E-state index contributed by atoms with van der Waals surface area (Å²) >= 11 is 0. The van der Waals surface area contributed by atoms with Crippen LogP contribution in [0.4, 0.5) is 15.2 Å². The highest BCUT2D eigenvalue weighted by molar-refractivity contribution is 5.87. The smallest absolute Gasteiger partial charge is 0.323 e. The van der Waals surface area contributed by atoms with E-state index >= 15 is 0 Å². The Hall–Kier alpha value is -1.59. The van der Waals surface area contributed by atoms with Gasteiger partial charge in [0.15, 0.2) is 0 Å². The number of hydrogen-bond donors (Lipinski definition) is 2. The lowest BCUT2D eigenvalue weighted by Crippen LogP contribution is -2.36. The van der Waals surface area contributed by atoms with Crippen LogP contribution in [0.1, 0.15) is 25.0 Å². The molecule has 0 aliphatic heterocycles. The number of oxazole rings is 1. The van der Waals surface area contributed by atoms with Gasteiger partial charge in [-0.05, 0) is 26.2 Å². The monoisotopic (exact) mass is 227 g/mol. The minimum Gasteiger partial charge on any atom is -0.429 e. The van der Waals surface area contributed by atoms with E-state index < -0.39 is 12.2 Å². The first-order chi connectivity index (χ1) is 7.63. The molecule has 0 spiro atoms. The van der Waals surface area contributed by atoms with Gasteiger partial charge in [0, 0.05) is 6.04 Å². The molecule has 2 amide bonds. The Morgan fingerprint density at radius 3 is 3.00 bits per heavy atom. The molecule has 2 N–H and O–H groups in total. The molecule has 0 saturated heterocycles. The molecule has 1 heterocycles. The van der Waals surface area contributed by atoms with E-state index in [4.69, 9.17) is 4.42 Å². The van der Waals surface area contributed by atoms with Crippen molar-refractivity contribution in [3.05, 3.63) is 12.0 Å². The van der Waals surface area contributed by atoms with Gasteiger partial charge in [0.25, 0.3) is 0 Å². The number of halogens is 1. The third kappa shape index (κ3) is 2.71. The molecule has 1 aromatic heterocycles. The van der Waals surface area contributed by atoms with Gasteiger partial charge in [-0.1, -0.05) is 0 Å². The minimum atomic E-state index is -0.797. The van der Waals surface area contributed by atoms with Crippen LogP contribution in [0.15, 0.2) is 10.6 Å². The van der Waals surface area contributed by atoms with Crippen LogP contribution in [0.5, 0.6) is 0 Å². The highest BCUT2D eigenvalue weighted by Crippen LogP contribution is 2.21. The molecule has 2 rings (SSSR count). The molecule has 1 aliphatic rings. The van der Waals surface area contributed by atoms with Crippen molar-refractivity contribution < 1.29 is 13.6 Å². The fourth-order valence-electron chi connectivity index (χ4n) is 1.79. The van der Waals surface area contributed by atoms with Gasteiger partial charge in [0.1, 0.15) is 11.9 Å². The summed E-state index contributed by atoms with van der Waals surface area (Å²) in [5, 5.41) is 5.13. The maximum Gasteiger partial charge on any atom is 0.323 e. The van der Waals surface area contributed by atoms with Gasteiger partial charge in [-0.3, -0.25) is 5.32 Å². The van der Waals surface area contributed by atoms with Gasteiger partial charge < -0.3 is 9.73 Å². The molecule has 6 heteroatoms. The van der Waals surface area contributed by atoms with E-state index in [-0.39, 0.29) is 12.1 Å². The highest BCUT2D eigenvalue weighted by Gasteiger charge is 2.25. The van der Waals surface area contributed by atoms with Crippen LogP contribution in [0.2, 0.25) is 0 Å². The normalized spacial score (nSPS) is 24.4. The summed E-state index contributed by atoms with van der Waals surface area (Å²) in [4.78, 5) is 15.3. The van der Waals surface area contributed by atoms with Gasteiger partial charge in [-0.2, -0.15) is 0 Å². The Kier molecular flexibility index (Phi) is 3.07. The molecule has 16 heavy (non-hydrogen) atoms. The first-order valence-corrected chi connectivity index (χ1v) is 5.27. The summed E-state index contributed by atoms with van der Waals surface area (Å²) in [6, 6.07) is -0.336. The Labute approximate surface area is 92.4 Å². The fraction of sp³-hybridized carbons (Fsp3) is 0.600. The van der Waals surface area contributed by atoms with Crippen molar-refractivity contribution >= 4 is 12.0 Å². The predicted octanol–water partition coefficient (Wildman–Crippen LogP) is 2.00. The minimum absolute atomic E-state index is 0.0916. The van der Waals surface area contributed by atoms with Crippen molar-refractivity contribution in [2.24, 2.45) is 0 Å². The van der Waals surface area contributed by atoms with Crippen molar-refractivity contribution in [3.8, 4) is 0 Å². The van der Waals surface area contributed by atoms with Crippen molar-refractivity contribution in [2.75, 3.05) is 5.32 Å². The predicted molar refractivity (Wildman–Crippen MR) is 55.9 cm³/mol. The second kappa shape index (κ2) is 4.51. The van der Waals surface area contributed by atoms with Crippen LogP contribution in [-0.2, 0) is 0 Å². The van der Waals surface area contributed by atoms with E-state index in [9.17, 15) is 9.18 Å². The van der Waals surface area contributed by atoms with Gasteiger partial charge in [-0.25, -0.2) is 14.2 Å². The molecule has 88 valence electrons. The standard InChI is InChI=1S/C10H14FN3O2/c1-6-5-12-10(16-6)14-9(15)13-8-3-2-7(11)4-8/h5,7-8H,2-4H2,1H3,(H2,12,13,14,15)/t7-,8-/m0/s1. The SMILES string of the molecule is Cc1cnc(NC(=O)N[C@H]2CC[C@H](F)C2)o1. The maximum atomic E-state index is 12.9. The third-order valence-corrected chi connectivity index (χ3v) is 2.55. The number of aromatic nitrogens is 1. The largest absolute Gasteiger partial charge is 0.429 e. The number of rotatable bonds is 2. The van der Waals surface area contributed by atoms with E-state index in [0.717, 1.165) is 0 Å². The van der Waals surface area contributed by atoms with Gasteiger partial charge in [-0.15, -0.1) is 0 Å². The Bertz CT molecular complexity index is 380. The number of aryl methyl sites for hydroxylation is 1. The number of nitrogens with one attached hydrogen (secondary N) is 2. The lowest BCUT2D eigenvalue weighted by atomic mass is 10.2. The van der Waals surface area contributed by atoms with Crippen molar-refractivity contribution in [1.82, 2.24) is 10.3 Å². The Morgan fingerprint density at radius 1 is 1.62 bits per heavy atom. The van der Waals surface area contributed by atoms with Crippen LogP contribution in [0.3, 0.4) is 0 Å². The molecule has 0 bridgehead atoms. The van der Waals surface area contributed by atoms with Gasteiger partial charge in [0.05, 0.1) is 6.20 Å². The van der Waals surface area contributed by atoms with Crippen LogP contribution < -0.4 is 10.6 Å². The summed E-state index contributed by atoms with van der Waals surface area (Å²) in [5.74, 6) is 0.625. The Balaban J connectivity index is 1.80. The van der Waals surface area contributed by atoms with Crippen molar-refractivity contribution in [1.29, 1.82) is 0 Å². The molecule has 5 nitrogen and oxygen atoms in total. The van der Waals surface area contributed by atoms with Gasteiger partial charge in [0.2, 0.25) is 0 Å². The second-order valence-electron chi connectivity index (χ2n) is 3.98. The zero-order chi connectivity index (χ0) is 11.5. The van der Waals surface area contributed by atoms with E-state index in [2.05, 4.69) is 15.6 Å². The number of amides is 2. The maximum absolute atomic E-state index is 12.9. The molecule has 1 aromatic rings. The number of anilines is 1. The average molecular weight is 227 g/mol. The molecule has 1 aliphatic carbocycles. The molecule has 0 radical (unpaired) electrons. The lowest BCUT2D eigenvalue weighted by Gasteiger charge is -2.10. The summed E-state index contributed by atoms with van der Waals surface area (Å²) in [6.45, 7) is 1.74. The van der Waals surface area contributed by atoms with E-state index in [1.807, 2.05) is 0 Å². The molecular formula is C10H14FN3O2. The molecule has 2 atom stereocenters. The summed E-state index contributed by atoms with van der Waals surface area (Å²) in [6.07, 6.45) is 2.30. The molecule has 0 aromatic carbocycles. The van der Waals surface area contributed by atoms with Crippen molar-refractivity contribution in [3.63, 3.8) is 0 Å². The highest BCUT2D eigenvalue weighted by atomic mass is 19.1. The van der Waals surface area contributed by atoms with Crippen LogP contribution in [0.25, 0.3) is 0 Å². The number of alkyl halides is 1. The summed E-state index contributed by atoms with van der Waals surface area (Å²) in [5.41, 5.74) is 0. The quantitative estimate of drug-likeness (QED) is 0.811. The third-order valence-electron chi connectivity index (χ3n) is 2.55. The first kappa shape index (κ1) is 10.9. The zero-order valence-corrected chi connectivity index (χ0v) is 9.00. The summed E-state index contributed by atoms with van der Waals surface area (Å²) in [7, 11) is 0. The topological polar surface area (TPSA) is 67.2 Å².